The van der Waals surface area contributed by atoms with E-state index >= 15 is 0 Å². The van der Waals surface area contributed by atoms with Crippen LogP contribution in [0, 0.1) is 0 Å². The molecule has 0 amide bonds. The van der Waals surface area contributed by atoms with E-state index in [0.29, 0.717) is 19.0 Å². The summed E-state index contributed by atoms with van der Waals surface area (Å²) in [7, 11) is 0. The van der Waals surface area contributed by atoms with Crippen LogP contribution in [-0.4, -0.2) is 29.6 Å². The molecule has 0 aliphatic carbocycles. The van der Waals surface area contributed by atoms with Gasteiger partial charge in [-0.3, -0.25) is 0 Å². The highest BCUT2D eigenvalue weighted by Gasteiger charge is 2.12. The molecule has 0 aromatic carbocycles. The molecule has 2 rings (SSSR count). The maximum absolute atomic E-state index is 5.73. The summed E-state index contributed by atoms with van der Waals surface area (Å²) < 4.78 is 11.1. The molecule has 2 N–H and O–H groups in total. The Kier molecular flexibility index (Phi) is 7.26. The molecule has 0 fully saturated rings. The maximum Gasteiger partial charge on any atom is 0.213 e. The zero-order valence-electron chi connectivity index (χ0n) is 15.8. The highest BCUT2D eigenvalue weighted by atomic mass is 16.5. The summed E-state index contributed by atoms with van der Waals surface area (Å²) in [5.41, 5.74) is 0.754. The SMILES string of the molecule is C=CCNC(=NCc1ccc(OC(C)(C)C)nc1)NCCc1ccco1. The molecule has 0 saturated heterocycles. The van der Waals surface area contributed by atoms with Crippen molar-refractivity contribution in [2.24, 2.45) is 4.99 Å². The molecule has 2 aromatic heterocycles. The van der Waals surface area contributed by atoms with Gasteiger partial charge in [-0.25, -0.2) is 9.98 Å². The number of rotatable bonds is 8. The van der Waals surface area contributed by atoms with Gasteiger partial charge in [-0.05, 0) is 38.5 Å². The zero-order valence-corrected chi connectivity index (χ0v) is 15.8. The fourth-order valence-electron chi connectivity index (χ4n) is 2.15. The van der Waals surface area contributed by atoms with Gasteiger partial charge in [-0.2, -0.15) is 0 Å². The molecule has 2 heterocycles. The second-order valence-corrected chi connectivity index (χ2v) is 6.81. The first-order valence-corrected chi connectivity index (χ1v) is 8.76. The van der Waals surface area contributed by atoms with Gasteiger partial charge in [0.15, 0.2) is 5.96 Å². The minimum Gasteiger partial charge on any atom is -0.472 e. The first-order valence-electron chi connectivity index (χ1n) is 8.76. The molecule has 0 aliphatic rings. The number of ether oxygens (including phenoxy) is 1. The van der Waals surface area contributed by atoms with Crippen molar-refractivity contribution in [3.8, 4) is 5.88 Å². The van der Waals surface area contributed by atoms with Crippen molar-refractivity contribution >= 4 is 5.96 Å². The van der Waals surface area contributed by atoms with Crippen LogP contribution in [0.2, 0.25) is 0 Å². The van der Waals surface area contributed by atoms with Crippen molar-refractivity contribution in [1.29, 1.82) is 0 Å². The van der Waals surface area contributed by atoms with Gasteiger partial charge in [0.25, 0.3) is 0 Å². The molecule has 2 aromatic rings. The highest BCUT2D eigenvalue weighted by molar-refractivity contribution is 5.79. The van der Waals surface area contributed by atoms with Crippen molar-refractivity contribution in [2.75, 3.05) is 13.1 Å². The standard InChI is InChI=1S/C20H28N4O2/c1-5-11-21-19(22-12-10-17-7-6-13-25-17)24-15-16-8-9-18(23-14-16)26-20(2,3)4/h5-9,13-14H,1,10-12,15H2,2-4H3,(H2,21,22,24). The molecular formula is C20H28N4O2. The number of pyridine rings is 1. The number of aliphatic imine (C=N–C) groups is 1. The fraction of sp³-hybridized carbons (Fsp3) is 0.400. The summed E-state index contributed by atoms with van der Waals surface area (Å²) >= 11 is 0. The van der Waals surface area contributed by atoms with E-state index in [0.717, 1.165) is 30.2 Å². The lowest BCUT2D eigenvalue weighted by Crippen LogP contribution is -2.38. The molecule has 26 heavy (non-hydrogen) atoms. The summed E-state index contributed by atoms with van der Waals surface area (Å²) in [6, 6.07) is 7.70. The number of hydrogen-bond acceptors (Lipinski definition) is 4. The van der Waals surface area contributed by atoms with Crippen molar-refractivity contribution in [1.82, 2.24) is 15.6 Å². The Bertz CT molecular complexity index is 686. The molecule has 0 spiro atoms. The number of nitrogens with one attached hydrogen (secondary N) is 2. The summed E-state index contributed by atoms with van der Waals surface area (Å²) in [6.45, 7) is 11.6. The highest BCUT2D eigenvalue weighted by Crippen LogP contribution is 2.15. The van der Waals surface area contributed by atoms with Crippen molar-refractivity contribution in [3.63, 3.8) is 0 Å². The number of hydrogen-bond donors (Lipinski definition) is 2. The quantitative estimate of drug-likeness (QED) is 0.431. The third-order valence-corrected chi connectivity index (χ3v) is 3.29. The van der Waals surface area contributed by atoms with E-state index in [1.165, 1.54) is 0 Å². The summed E-state index contributed by atoms with van der Waals surface area (Å²) in [6.07, 6.45) is 6.06. The largest absolute Gasteiger partial charge is 0.472 e. The Hall–Kier alpha value is -2.76. The lowest BCUT2D eigenvalue weighted by atomic mass is 10.2. The van der Waals surface area contributed by atoms with Crippen LogP contribution < -0.4 is 15.4 Å². The summed E-state index contributed by atoms with van der Waals surface area (Å²) in [5, 5.41) is 6.50. The van der Waals surface area contributed by atoms with Crippen LogP contribution >= 0.6 is 0 Å². The van der Waals surface area contributed by atoms with Gasteiger partial charge in [0, 0.05) is 31.8 Å². The molecule has 6 heteroatoms. The number of aromatic nitrogens is 1. The molecule has 0 aliphatic heterocycles. The van der Waals surface area contributed by atoms with Gasteiger partial charge < -0.3 is 19.8 Å². The van der Waals surface area contributed by atoms with E-state index in [9.17, 15) is 0 Å². The van der Waals surface area contributed by atoms with Gasteiger partial charge in [-0.1, -0.05) is 12.1 Å². The second-order valence-electron chi connectivity index (χ2n) is 6.81. The van der Waals surface area contributed by atoms with Gasteiger partial charge in [0.1, 0.15) is 11.4 Å². The minimum atomic E-state index is -0.258. The molecule has 140 valence electrons. The first kappa shape index (κ1) is 19.6. The van der Waals surface area contributed by atoms with Crippen molar-refractivity contribution in [2.45, 2.75) is 39.3 Å². The van der Waals surface area contributed by atoms with Crippen LogP contribution in [0.5, 0.6) is 5.88 Å². The zero-order chi connectivity index (χ0) is 18.8. The Balaban J connectivity index is 1.89. The summed E-state index contributed by atoms with van der Waals surface area (Å²) in [5.74, 6) is 2.29. The van der Waals surface area contributed by atoms with Crippen LogP contribution in [0.3, 0.4) is 0 Å². The average Bonchev–Trinajstić information content (AvgIpc) is 3.10. The second kappa shape index (κ2) is 9.65. The van der Waals surface area contributed by atoms with Gasteiger partial charge in [0.05, 0.1) is 12.8 Å². The Morgan fingerprint density at radius 1 is 1.31 bits per heavy atom. The number of guanidine groups is 1. The normalized spacial score (nSPS) is 11.9. The average molecular weight is 356 g/mol. The van der Waals surface area contributed by atoms with Crippen LogP contribution in [-0.2, 0) is 13.0 Å². The molecule has 0 unspecified atom stereocenters. The smallest absolute Gasteiger partial charge is 0.213 e. The van der Waals surface area contributed by atoms with Crippen LogP contribution in [0.15, 0.2) is 58.8 Å². The predicted octanol–water partition coefficient (Wildman–Crippen LogP) is 3.32. The van der Waals surface area contributed by atoms with E-state index in [2.05, 4.69) is 27.2 Å². The molecule has 0 bridgehead atoms. The van der Waals surface area contributed by atoms with E-state index < -0.39 is 0 Å². The van der Waals surface area contributed by atoms with Crippen LogP contribution in [0.4, 0.5) is 0 Å². The van der Waals surface area contributed by atoms with Gasteiger partial charge in [-0.15, -0.1) is 6.58 Å². The molecule has 0 radical (unpaired) electrons. The lowest BCUT2D eigenvalue weighted by Gasteiger charge is -2.20. The van der Waals surface area contributed by atoms with E-state index in [1.807, 2.05) is 45.0 Å². The fourth-order valence-corrected chi connectivity index (χ4v) is 2.15. The van der Waals surface area contributed by atoms with Gasteiger partial charge in [0.2, 0.25) is 5.88 Å². The first-order chi connectivity index (χ1) is 12.5. The van der Waals surface area contributed by atoms with Crippen LogP contribution in [0.1, 0.15) is 32.1 Å². The van der Waals surface area contributed by atoms with Crippen molar-refractivity contribution in [3.05, 3.63) is 60.7 Å². The van der Waals surface area contributed by atoms with Crippen molar-refractivity contribution < 1.29 is 9.15 Å². The predicted molar refractivity (Wildman–Crippen MR) is 104 cm³/mol. The molecular weight excluding hydrogens is 328 g/mol. The van der Waals surface area contributed by atoms with Crippen LogP contribution in [0.25, 0.3) is 0 Å². The Morgan fingerprint density at radius 2 is 2.15 bits per heavy atom. The molecule has 0 atom stereocenters. The third kappa shape index (κ3) is 7.42. The number of nitrogens with zero attached hydrogens (tertiary/aromatic N) is 2. The van der Waals surface area contributed by atoms with E-state index in [1.54, 1.807) is 18.5 Å². The third-order valence-electron chi connectivity index (χ3n) is 3.29. The lowest BCUT2D eigenvalue weighted by molar-refractivity contribution is 0.124. The Labute approximate surface area is 155 Å². The maximum atomic E-state index is 5.73. The molecule has 0 saturated carbocycles. The summed E-state index contributed by atoms with van der Waals surface area (Å²) in [4.78, 5) is 8.93. The topological polar surface area (TPSA) is 71.7 Å². The number of furan rings is 1. The van der Waals surface area contributed by atoms with E-state index in [-0.39, 0.29) is 5.60 Å². The Morgan fingerprint density at radius 3 is 2.77 bits per heavy atom. The van der Waals surface area contributed by atoms with Gasteiger partial charge >= 0.3 is 0 Å². The molecule has 6 nitrogen and oxygen atoms in total. The van der Waals surface area contributed by atoms with E-state index in [4.69, 9.17) is 9.15 Å². The monoisotopic (exact) mass is 356 g/mol. The minimum absolute atomic E-state index is 0.258.